The fraction of sp³-hybridized carbons (Fsp3) is 0.286. The van der Waals surface area contributed by atoms with Gasteiger partial charge in [-0.25, -0.2) is 4.98 Å². The van der Waals surface area contributed by atoms with Gasteiger partial charge in [0.2, 0.25) is 11.8 Å². The van der Waals surface area contributed by atoms with E-state index in [0.29, 0.717) is 18.4 Å². The van der Waals surface area contributed by atoms with Crippen LogP contribution in [-0.4, -0.2) is 16.5 Å². The van der Waals surface area contributed by atoms with Crippen molar-refractivity contribution in [2.24, 2.45) is 0 Å². The minimum Gasteiger partial charge on any atom is -0.472 e. The van der Waals surface area contributed by atoms with Crippen molar-refractivity contribution in [1.82, 2.24) is 9.97 Å². The van der Waals surface area contributed by atoms with E-state index in [2.05, 4.69) is 54.1 Å². The summed E-state index contributed by atoms with van der Waals surface area (Å²) in [6.07, 6.45) is 2.72. The molecule has 0 radical (unpaired) electrons. The Kier molecular flexibility index (Phi) is 5.79. The largest absolute Gasteiger partial charge is 0.472 e. The number of ether oxygens (including phenoxy) is 1. The van der Waals surface area contributed by atoms with Gasteiger partial charge in [-0.3, -0.25) is 0 Å². The summed E-state index contributed by atoms with van der Waals surface area (Å²) >= 11 is 6.81. The van der Waals surface area contributed by atoms with Crippen molar-refractivity contribution in [3.05, 3.63) is 45.0 Å². The first kappa shape index (κ1) is 15.3. The Morgan fingerprint density at radius 3 is 2.65 bits per heavy atom. The second-order valence-electron chi connectivity index (χ2n) is 4.19. The summed E-state index contributed by atoms with van der Waals surface area (Å²) in [5.74, 6) is 1.13. The quantitative estimate of drug-likeness (QED) is 0.780. The zero-order chi connectivity index (χ0) is 14.4. The van der Waals surface area contributed by atoms with Gasteiger partial charge in [-0.05, 0) is 40.0 Å². The fourth-order valence-electron chi connectivity index (χ4n) is 1.51. The van der Waals surface area contributed by atoms with Crippen LogP contribution in [0.25, 0.3) is 0 Å². The lowest BCUT2D eigenvalue weighted by Gasteiger charge is -2.09. The number of anilines is 1. The van der Waals surface area contributed by atoms with Crippen LogP contribution in [0.15, 0.2) is 39.4 Å². The van der Waals surface area contributed by atoms with Crippen molar-refractivity contribution in [3.63, 3.8) is 0 Å². The molecule has 1 aromatic heterocycles. The van der Waals surface area contributed by atoms with Gasteiger partial charge >= 0.3 is 0 Å². The van der Waals surface area contributed by atoms with Crippen LogP contribution in [-0.2, 0) is 6.61 Å². The predicted molar refractivity (Wildman–Crippen MR) is 87.0 cm³/mol. The Morgan fingerprint density at radius 2 is 1.95 bits per heavy atom. The molecule has 0 aliphatic rings. The first-order valence-electron chi connectivity index (χ1n) is 6.32. The highest BCUT2D eigenvalue weighted by molar-refractivity contribution is 9.10. The molecule has 20 heavy (non-hydrogen) atoms. The van der Waals surface area contributed by atoms with Crippen LogP contribution in [0.1, 0.15) is 18.9 Å². The van der Waals surface area contributed by atoms with Gasteiger partial charge in [0.05, 0.1) is 10.7 Å². The second kappa shape index (κ2) is 7.59. The van der Waals surface area contributed by atoms with Gasteiger partial charge < -0.3 is 10.1 Å². The molecule has 0 aliphatic carbocycles. The summed E-state index contributed by atoms with van der Waals surface area (Å²) in [7, 11) is 0. The smallest absolute Gasteiger partial charge is 0.233 e. The van der Waals surface area contributed by atoms with E-state index in [9.17, 15) is 0 Å². The molecule has 1 aromatic carbocycles. The van der Waals surface area contributed by atoms with Crippen molar-refractivity contribution in [3.8, 4) is 5.88 Å². The van der Waals surface area contributed by atoms with Crippen LogP contribution in [0, 0.1) is 0 Å². The molecule has 106 valence electrons. The Hall–Kier alpha value is -1.14. The predicted octanol–water partition coefficient (Wildman–Crippen LogP) is 4.40. The SMILES string of the molecule is CCCNc1ncc(Br)c(OCc2ccc(Br)cc2)n1. The van der Waals surface area contributed by atoms with E-state index in [1.54, 1.807) is 6.20 Å². The first-order valence-corrected chi connectivity index (χ1v) is 7.91. The van der Waals surface area contributed by atoms with Crippen LogP contribution in [0.2, 0.25) is 0 Å². The minimum absolute atomic E-state index is 0.468. The molecule has 0 amide bonds. The van der Waals surface area contributed by atoms with Crippen molar-refractivity contribution in [2.45, 2.75) is 20.0 Å². The third kappa shape index (κ3) is 4.45. The summed E-state index contributed by atoms with van der Waals surface area (Å²) in [5, 5.41) is 3.14. The van der Waals surface area contributed by atoms with Crippen LogP contribution >= 0.6 is 31.9 Å². The highest BCUT2D eigenvalue weighted by atomic mass is 79.9. The summed E-state index contributed by atoms with van der Waals surface area (Å²) in [4.78, 5) is 8.53. The van der Waals surface area contributed by atoms with E-state index < -0.39 is 0 Å². The lowest BCUT2D eigenvalue weighted by Crippen LogP contribution is -2.06. The lowest BCUT2D eigenvalue weighted by molar-refractivity contribution is 0.291. The van der Waals surface area contributed by atoms with Crippen molar-refractivity contribution in [2.75, 3.05) is 11.9 Å². The van der Waals surface area contributed by atoms with Gasteiger partial charge in [0.25, 0.3) is 0 Å². The average Bonchev–Trinajstić information content (AvgIpc) is 2.46. The zero-order valence-electron chi connectivity index (χ0n) is 11.1. The number of hydrogen-bond acceptors (Lipinski definition) is 4. The molecule has 0 atom stereocenters. The van der Waals surface area contributed by atoms with Crippen molar-refractivity contribution < 1.29 is 4.74 Å². The fourth-order valence-corrected chi connectivity index (χ4v) is 2.08. The number of benzene rings is 1. The number of aromatic nitrogens is 2. The van der Waals surface area contributed by atoms with Gasteiger partial charge in [-0.1, -0.05) is 35.0 Å². The molecule has 0 spiro atoms. The van der Waals surface area contributed by atoms with E-state index >= 15 is 0 Å². The number of nitrogens with zero attached hydrogens (tertiary/aromatic N) is 2. The van der Waals surface area contributed by atoms with E-state index in [1.165, 1.54) is 0 Å². The van der Waals surface area contributed by atoms with Crippen LogP contribution < -0.4 is 10.1 Å². The molecule has 0 saturated carbocycles. The van der Waals surface area contributed by atoms with Gasteiger partial charge in [-0.15, -0.1) is 0 Å². The van der Waals surface area contributed by atoms with Crippen LogP contribution in [0.4, 0.5) is 5.95 Å². The summed E-state index contributed by atoms with van der Waals surface area (Å²) in [5.41, 5.74) is 1.08. The Morgan fingerprint density at radius 1 is 1.20 bits per heavy atom. The highest BCUT2D eigenvalue weighted by Crippen LogP contribution is 2.23. The topological polar surface area (TPSA) is 47.0 Å². The number of rotatable bonds is 6. The molecule has 4 nitrogen and oxygen atoms in total. The molecule has 0 fully saturated rings. The maximum atomic E-state index is 5.73. The van der Waals surface area contributed by atoms with Gasteiger partial charge in [0.15, 0.2) is 0 Å². The van der Waals surface area contributed by atoms with Gasteiger partial charge in [0, 0.05) is 11.0 Å². The van der Waals surface area contributed by atoms with E-state index in [4.69, 9.17) is 4.74 Å². The average molecular weight is 401 g/mol. The molecular formula is C14H15Br2N3O. The summed E-state index contributed by atoms with van der Waals surface area (Å²) < 4.78 is 7.53. The molecule has 1 heterocycles. The van der Waals surface area contributed by atoms with Crippen molar-refractivity contribution in [1.29, 1.82) is 0 Å². The molecular weight excluding hydrogens is 386 g/mol. The third-order valence-corrected chi connectivity index (χ3v) is 3.61. The second-order valence-corrected chi connectivity index (χ2v) is 5.96. The van der Waals surface area contributed by atoms with Crippen LogP contribution in [0.3, 0.4) is 0 Å². The molecule has 6 heteroatoms. The highest BCUT2D eigenvalue weighted by Gasteiger charge is 2.06. The molecule has 0 bridgehead atoms. The Labute approximate surface area is 135 Å². The van der Waals surface area contributed by atoms with Gasteiger partial charge in [0.1, 0.15) is 6.61 Å². The summed E-state index contributed by atoms with van der Waals surface area (Å²) in [6.45, 7) is 3.40. The summed E-state index contributed by atoms with van der Waals surface area (Å²) in [6, 6.07) is 7.99. The molecule has 0 unspecified atom stereocenters. The molecule has 2 aromatic rings. The molecule has 2 rings (SSSR count). The van der Waals surface area contributed by atoms with E-state index in [0.717, 1.165) is 27.5 Å². The number of hydrogen-bond donors (Lipinski definition) is 1. The number of halogens is 2. The van der Waals surface area contributed by atoms with E-state index in [1.807, 2.05) is 24.3 Å². The maximum absolute atomic E-state index is 5.73. The third-order valence-electron chi connectivity index (χ3n) is 2.53. The molecule has 1 N–H and O–H groups in total. The normalized spacial score (nSPS) is 10.3. The molecule has 0 saturated heterocycles. The Bertz CT molecular complexity index is 561. The van der Waals surface area contributed by atoms with Crippen LogP contribution in [0.5, 0.6) is 5.88 Å². The number of nitrogens with one attached hydrogen (secondary N) is 1. The first-order chi connectivity index (χ1) is 9.69. The minimum atomic E-state index is 0.468. The lowest BCUT2D eigenvalue weighted by atomic mass is 10.2. The maximum Gasteiger partial charge on any atom is 0.233 e. The monoisotopic (exact) mass is 399 g/mol. The van der Waals surface area contributed by atoms with Gasteiger partial charge in [-0.2, -0.15) is 4.98 Å². The molecule has 0 aliphatic heterocycles. The van der Waals surface area contributed by atoms with E-state index in [-0.39, 0.29) is 0 Å². The zero-order valence-corrected chi connectivity index (χ0v) is 14.2. The van der Waals surface area contributed by atoms with Crippen molar-refractivity contribution >= 4 is 37.8 Å². The Balaban J connectivity index is 2.02. The standard InChI is InChI=1S/C14H15Br2N3O/c1-2-7-17-14-18-8-12(16)13(19-14)20-9-10-3-5-11(15)6-4-10/h3-6,8H,2,7,9H2,1H3,(H,17,18,19).